The quantitative estimate of drug-likeness (QED) is 0.458. The van der Waals surface area contributed by atoms with Gasteiger partial charge in [0.25, 0.3) is 5.91 Å². The van der Waals surface area contributed by atoms with Crippen molar-refractivity contribution in [3.05, 3.63) is 70.8 Å². The van der Waals surface area contributed by atoms with Gasteiger partial charge in [0.05, 0.1) is 11.1 Å². The van der Waals surface area contributed by atoms with Crippen molar-refractivity contribution in [1.29, 1.82) is 0 Å². The Morgan fingerprint density at radius 2 is 1.80 bits per heavy atom. The van der Waals surface area contributed by atoms with Crippen molar-refractivity contribution in [1.82, 2.24) is 0 Å². The molecule has 0 aliphatic rings. The minimum Gasteiger partial charge on any atom is -0.489 e. The van der Waals surface area contributed by atoms with E-state index >= 15 is 0 Å². The van der Waals surface area contributed by atoms with Gasteiger partial charge in [0.1, 0.15) is 12.4 Å². The summed E-state index contributed by atoms with van der Waals surface area (Å²) in [5.41, 5.74) is 6.67. The van der Waals surface area contributed by atoms with Crippen LogP contribution in [0.25, 0.3) is 6.08 Å². The van der Waals surface area contributed by atoms with E-state index in [0.29, 0.717) is 11.3 Å². The number of benzene rings is 2. The van der Waals surface area contributed by atoms with Crippen LogP contribution in [-0.2, 0) is 16.2 Å². The average Bonchev–Trinajstić information content (AvgIpc) is 2.58. The summed E-state index contributed by atoms with van der Waals surface area (Å²) in [7, 11) is 0. The maximum atomic E-state index is 11.4. The minimum absolute atomic E-state index is 0.0702. The van der Waals surface area contributed by atoms with Gasteiger partial charge in [-0.1, -0.05) is 24.3 Å². The molecule has 0 unspecified atom stereocenters. The fourth-order valence-electron chi connectivity index (χ4n) is 2.13. The van der Waals surface area contributed by atoms with Gasteiger partial charge in [0.15, 0.2) is 5.78 Å². The van der Waals surface area contributed by atoms with Gasteiger partial charge in [0.2, 0.25) is 0 Å². The Kier molecular flexibility index (Phi) is 5.68. The Hall–Kier alpha value is -3.41. The third-order valence-electron chi connectivity index (χ3n) is 3.42. The number of nitrogens with two attached hydrogens (primary N) is 1. The third kappa shape index (κ3) is 5.04. The highest BCUT2D eigenvalue weighted by atomic mass is 16.5. The van der Waals surface area contributed by atoms with Gasteiger partial charge in [-0.3, -0.25) is 9.59 Å². The molecule has 0 atom stereocenters. The van der Waals surface area contributed by atoms with Crippen molar-refractivity contribution in [2.45, 2.75) is 13.5 Å². The molecule has 0 spiro atoms. The highest BCUT2D eigenvalue weighted by Crippen LogP contribution is 2.17. The fraction of sp³-hybridized carbons (Fsp3) is 0.105. The number of hydrogen-bond acceptors (Lipinski definition) is 4. The van der Waals surface area contributed by atoms with Crippen LogP contribution < -0.4 is 10.5 Å². The number of carbonyl (C=O) groups is 3. The highest BCUT2D eigenvalue weighted by Gasteiger charge is 2.10. The summed E-state index contributed by atoms with van der Waals surface area (Å²) >= 11 is 0. The van der Waals surface area contributed by atoms with Gasteiger partial charge in [-0.15, -0.1) is 0 Å². The number of Topliss-reactive ketones (excluding diaryl/α,β-unsaturated/α-hetero) is 1. The van der Waals surface area contributed by atoms with Crippen LogP contribution in [0.1, 0.15) is 28.4 Å². The largest absolute Gasteiger partial charge is 0.489 e. The molecule has 1 amide bonds. The predicted octanol–water partition coefficient (Wildman–Crippen LogP) is 2.42. The number of amides is 1. The zero-order valence-corrected chi connectivity index (χ0v) is 13.6. The van der Waals surface area contributed by atoms with Crippen molar-refractivity contribution in [3.8, 4) is 5.75 Å². The molecular formula is C19H17NO5. The molecule has 2 aromatic carbocycles. The lowest BCUT2D eigenvalue weighted by Gasteiger charge is -2.07. The molecule has 6 nitrogen and oxygen atoms in total. The highest BCUT2D eigenvalue weighted by molar-refractivity contribution is 6.21. The van der Waals surface area contributed by atoms with E-state index in [0.717, 1.165) is 5.56 Å². The van der Waals surface area contributed by atoms with E-state index in [1.807, 2.05) is 0 Å². The van der Waals surface area contributed by atoms with Crippen LogP contribution in [0.2, 0.25) is 0 Å². The first-order chi connectivity index (χ1) is 11.9. The van der Waals surface area contributed by atoms with Gasteiger partial charge < -0.3 is 15.6 Å². The number of primary amides is 1. The minimum atomic E-state index is -0.992. The molecule has 2 rings (SSSR count). The molecule has 0 fully saturated rings. The van der Waals surface area contributed by atoms with E-state index < -0.39 is 17.7 Å². The second-order valence-electron chi connectivity index (χ2n) is 5.34. The van der Waals surface area contributed by atoms with Gasteiger partial charge >= 0.3 is 5.97 Å². The first-order valence-electron chi connectivity index (χ1n) is 7.44. The second kappa shape index (κ2) is 7.92. The summed E-state index contributed by atoms with van der Waals surface area (Å²) in [4.78, 5) is 33.5. The van der Waals surface area contributed by atoms with E-state index in [2.05, 4.69) is 0 Å². The van der Waals surface area contributed by atoms with Crippen LogP contribution in [0.4, 0.5) is 0 Å². The number of carboxylic acids is 1. The van der Waals surface area contributed by atoms with Crippen molar-refractivity contribution >= 4 is 23.7 Å². The number of aromatic carboxylic acids is 1. The Morgan fingerprint density at radius 3 is 2.36 bits per heavy atom. The number of carbonyl (C=O) groups excluding carboxylic acids is 2. The van der Waals surface area contributed by atoms with E-state index in [-0.39, 0.29) is 17.7 Å². The van der Waals surface area contributed by atoms with Gasteiger partial charge in [0, 0.05) is 0 Å². The van der Waals surface area contributed by atoms with Crippen LogP contribution >= 0.6 is 0 Å². The zero-order chi connectivity index (χ0) is 18.4. The van der Waals surface area contributed by atoms with E-state index in [9.17, 15) is 14.4 Å². The third-order valence-corrected chi connectivity index (χ3v) is 3.42. The standard InChI is InChI=1S/C19H17NO5/c1-12(21)17(18(20)22)10-13-5-7-16(8-6-13)25-11-14-3-2-4-15(9-14)19(23)24/h2-10H,11H2,1H3,(H2,20,22)(H,23,24)/b17-10+. The van der Waals surface area contributed by atoms with Crippen molar-refractivity contribution in [2.75, 3.05) is 0 Å². The summed E-state index contributed by atoms with van der Waals surface area (Å²) in [6.07, 6.45) is 1.42. The molecule has 0 aliphatic heterocycles. The number of hydrogen-bond donors (Lipinski definition) is 2. The molecule has 128 valence electrons. The van der Waals surface area contributed by atoms with E-state index in [1.54, 1.807) is 42.5 Å². The smallest absolute Gasteiger partial charge is 0.335 e. The lowest BCUT2D eigenvalue weighted by Crippen LogP contribution is -2.18. The maximum Gasteiger partial charge on any atom is 0.335 e. The topological polar surface area (TPSA) is 107 Å². The number of ether oxygens (including phenoxy) is 1. The summed E-state index contributed by atoms with van der Waals surface area (Å²) in [5.74, 6) is -1.59. The Labute approximate surface area is 144 Å². The van der Waals surface area contributed by atoms with Gasteiger partial charge in [-0.05, 0) is 48.4 Å². The van der Waals surface area contributed by atoms with Crippen molar-refractivity contribution in [3.63, 3.8) is 0 Å². The van der Waals surface area contributed by atoms with E-state index in [4.69, 9.17) is 15.6 Å². The fourth-order valence-corrected chi connectivity index (χ4v) is 2.13. The molecule has 0 saturated carbocycles. The summed E-state index contributed by atoms with van der Waals surface area (Å²) in [6.45, 7) is 1.50. The number of ketones is 1. The molecule has 3 N–H and O–H groups in total. The Bertz CT molecular complexity index is 821. The zero-order valence-electron chi connectivity index (χ0n) is 13.6. The molecule has 0 saturated heterocycles. The molecule has 0 radical (unpaired) electrons. The Balaban J connectivity index is 2.07. The van der Waals surface area contributed by atoms with Gasteiger partial charge in [-0.25, -0.2) is 4.79 Å². The van der Waals surface area contributed by atoms with Gasteiger partial charge in [-0.2, -0.15) is 0 Å². The molecule has 0 heterocycles. The predicted molar refractivity (Wildman–Crippen MR) is 92.0 cm³/mol. The molecule has 0 bridgehead atoms. The first-order valence-corrected chi connectivity index (χ1v) is 7.44. The molecule has 0 aliphatic carbocycles. The normalized spacial score (nSPS) is 11.0. The van der Waals surface area contributed by atoms with Crippen LogP contribution in [-0.4, -0.2) is 22.8 Å². The average molecular weight is 339 g/mol. The number of carboxylic acid groups (broad SMARTS) is 1. The van der Waals surface area contributed by atoms with Crippen molar-refractivity contribution < 1.29 is 24.2 Å². The lowest BCUT2D eigenvalue weighted by atomic mass is 10.1. The van der Waals surface area contributed by atoms with Crippen LogP contribution in [0.15, 0.2) is 54.1 Å². The number of rotatable bonds is 7. The molecule has 6 heteroatoms. The van der Waals surface area contributed by atoms with Crippen LogP contribution in [0.3, 0.4) is 0 Å². The monoisotopic (exact) mass is 339 g/mol. The molecule has 0 aromatic heterocycles. The SMILES string of the molecule is CC(=O)/C(=C\c1ccc(OCc2cccc(C(=O)O)c2)cc1)C(N)=O. The van der Waals surface area contributed by atoms with E-state index in [1.165, 1.54) is 19.1 Å². The summed E-state index contributed by atoms with van der Waals surface area (Å²) in [6, 6.07) is 13.2. The summed E-state index contributed by atoms with van der Waals surface area (Å²) < 4.78 is 5.61. The molecule has 25 heavy (non-hydrogen) atoms. The van der Waals surface area contributed by atoms with Crippen LogP contribution in [0.5, 0.6) is 5.75 Å². The lowest BCUT2D eigenvalue weighted by molar-refractivity contribution is -0.119. The Morgan fingerprint density at radius 1 is 1.12 bits per heavy atom. The second-order valence-corrected chi connectivity index (χ2v) is 5.34. The first kappa shape index (κ1) is 17.9. The maximum absolute atomic E-state index is 11.4. The van der Waals surface area contributed by atoms with Crippen molar-refractivity contribution in [2.24, 2.45) is 5.73 Å². The van der Waals surface area contributed by atoms with Crippen LogP contribution in [0, 0.1) is 0 Å². The molecule has 2 aromatic rings. The molecular weight excluding hydrogens is 322 g/mol. The summed E-state index contributed by atoms with van der Waals surface area (Å²) in [5, 5.41) is 8.97.